The first-order chi connectivity index (χ1) is 6.70. The fraction of sp³-hybridized carbons (Fsp3) is 1.00. The van der Waals surface area contributed by atoms with Gasteiger partial charge in [-0.25, -0.2) is 0 Å². The Labute approximate surface area is 89.4 Å². The second kappa shape index (κ2) is 9.47. The van der Waals surface area contributed by atoms with E-state index in [2.05, 4.69) is 26.1 Å². The van der Waals surface area contributed by atoms with E-state index in [4.69, 9.17) is 4.74 Å². The number of hydrogen-bond acceptors (Lipinski definition) is 2. The van der Waals surface area contributed by atoms with Gasteiger partial charge in [-0.2, -0.15) is 0 Å². The van der Waals surface area contributed by atoms with Crippen LogP contribution in [0.25, 0.3) is 0 Å². The first-order valence-electron chi connectivity index (χ1n) is 5.93. The summed E-state index contributed by atoms with van der Waals surface area (Å²) in [4.78, 5) is 0. The molecule has 0 aliphatic heterocycles. The van der Waals surface area contributed by atoms with Crippen LogP contribution in [0.2, 0.25) is 0 Å². The fourth-order valence-electron chi connectivity index (χ4n) is 1.65. The molecule has 1 N–H and O–H groups in total. The summed E-state index contributed by atoms with van der Waals surface area (Å²) in [7, 11) is 1.77. The van der Waals surface area contributed by atoms with Crippen molar-refractivity contribution < 1.29 is 4.74 Å². The summed E-state index contributed by atoms with van der Waals surface area (Å²) in [6.45, 7) is 8.73. The van der Waals surface area contributed by atoms with Crippen LogP contribution < -0.4 is 5.32 Å². The maximum Gasteiger partial charge on any atom is 0.0462 e. The molecule has 0 aliphatic carbocycles. The maximum atomic E-state index is 5.07. The van der Waals surface area contributed by atoms with Crippen molar-refractivity contribution >= 4 is 0 Å². The second-order valence-corrected chi connectivity index (χ2v) is 4.36. The van der Waals surface area contributed by atoms with Crippen molar-refractivity contribution in [3.05, 3.63) is 0 Å². The van der Waals surface area contributed by atoms with Crippen LogP contribution in [0.4, 0.5) is 0 Å². The minimum absolute atomic E-state index is 0.692. The number of ether oxygens (including phenoxy) is 1. The minimum atomic E-state index is 0.692. The molecule has 0 spiro atoms. The lowest BCUT2D eigenvalue weighted by atomic mass is 10.0. The molecular formula is C12H27NO. The highest BCUT2D eigenvalue weighted by Crippen LogP contribution is 2.10. The van der Waals surface area contributed by atoms with Gasteiger partial charge in [-0.1, -0.05) is 20.8 Å². The zero-order chi connectivity index (χ0) is 10.8. The molecule has 0 amide bonds. The summed E-state index contributed by atoms with van der Waals surface area (Å²) in [6.07, 6.45) is 5.04. The Kier molecular flexibility index (Phi) is 9.42. The van der Waals surface area contributed by atoms with Gasteiger partial charge in [0.1, 0.15) is 0 Å². The van der Waals surface area contributed by atoms with Gasteiger partial charge < -0.3 is 10.1 Å². The third-order valence-electron chi connectivity index (χ3n) is 2.49. The third-order valence-corrected chi connectivity index (χ3v) is 2.49. The lowest BCUT2D eigenvalue weighted by Crippen LogP contribution is -2.29. The van der Waals surface area contributed by atoms with Crippen molar-refractivity contribution in [1.29, 1.82) is 0 Å². The summed E-state index contributed by atoms with van der Waals surface area (Å²) in [6, 6.07) is 0.692. The highest BCUT2D eigenvalue weighted by atomic mass is 16.5. The van der Waals surface area contributed by atoms with E-state index >= 15 is 0 Å². The number of methoxy groups -OCH3 is 1. The molecule has 2 nitrogen and oxygen atoms in total. The Hall–Kier alpha value is -0.0800. The zero-order valence-electron chi connectivity index (χ0n) is 10.3. The van der Waals surface area contributed by atoms with E-state index < -0.39 is 0 Å². The van der Waals surface area contributed by atoms with Crippen LogP contribution >= 0.6 is 0 Å². The van der Waals surface area contributed by atoms with Crippen molar-refractivity contribution in [3.63, 3.8) is 0 Å². The van der Waals surface area contributed by atoms with Gasteiger partial charge in [0, 0.05) is 19.8 Å². The molecule has 0 bridgehead atoms. The smallest absolute Gasteiger partial charge is 0.0462 e. The summed E-state index contributed by atoms with van der Waals surface area (Å²) in [5.41, 5.74) is 0. The van der Waals surface area contributed by atoms with Crippen LogP contribution in [0.1, 0.15) is 46.5 Å². The van der Waals surface area contributed by atoms with E-state index in [1.807, 2.05) is 0 Å². The summed E-state index contributed by atoms with van der Waals surface area (Å²) in [5, 5.41) is 3.54. The molecule has 0 aromatic carbocycles. The topological polar surface area (TPSA) is 21.3 Å². The molecule has 2 heteroatoms. The predicted molar refractivity (Wildman–Crippen MR) is 62.6 cm³/mol. The van der Waals surface area contributed by atoms with E-state index in [0.717, 1.165) is 19.1 Å². The second-order valence-electron chi connectivity index (χ2n) is 4.36. The minimum Gasteiger partial charge on any atom is -0.385 e. The Morgan fingerprint density at radius 3 is 2.36 bits per heavy atom. The van der Waals surface area contributed by atoms with Crippen LogP contribution in [-0.4, -0.2) is 26.3 Å². The van der Waals surface area contributed by atoms with Gasteiger partial charge in [-0.15, -0.1) is 0 Å². The molecule has 0 aromatic heterocycles. The SMILES string of the molecule is CCNC(CCCOC)CCC(C)C. The Bertz CT molecular complexity index is 115. The number of rotatable bonds is 9. The Balaban J connectivity index is 3.54. The van der Waals surface area contributed by atoms with Gasteiger partial charge in [-0.05, 0) is 38.1 Å². The van der Waals surface area contributed by atoms with Crippen molar-refractivity contribution in [3.8, 4) is 0 Å². The van der Waals surface area contributed by atoms with E-state index in [-0.39, 0.29) is 0 Å². The van der Waals surface area contributed by atoms with E-state index in [9.17, 15) is 0 Å². The predicted octanol–water partition coefficient (Wildman–Crippen LogP) is 2.83. The summed E-state index contributed by atoms with van der Waals surface area (Å²) in [5.74, 6) is 0.818. The molecule has 86 valence electrons. The Morgan fingerprint density at radius 1 is 1.14 bits per heavy atom. The highest BCUT2D eigenvalue weighted by Gasteiger charge is 2.07. The zero-order valence-corrected chi connectivity index (χ0v) is 10.3. The van der Waals surface area contributed by atoms with E-state index in [0.29, 0.717) is 6.04 Å². The van der Waals surface area contributed by atoms with Gasteiger partial charge in [0.15, 0.2) is 0 Å². The average molecular weight is 201 g/mol. The molecule has 0 saturated carbocycles. The first-order valence-corrected chi connectivity index (χ1v) is 5.93. The highest BCUT2D eigenvalue weighted by molar-refractivity contribution is 4.66. The van der Waals surface area contributed by atoms with Gasteiger partial charge in [0.25, 0.3) is 0 Å². The molecule has 0 heterocycles. The van der Waals surface area contributed by atoms with Gasteiger partial charge in [0.05, 0.1) is 0 Å². The van der Waals surface area contributed by atoms with Crippen molar-refractivity contribution in [2.75, 3.05) is 20.3 Å². The summed E-state index contributed by atoms with van der Waals surface area (Å²) < 4.78 is 5.07. The monoisotopic (exact) mass is 201 g/mol. The molecule has 0 aromatic rings. The van der Waals surface area contributed by atoms with Crippen LogP contribution in [0.5, 0.6) is 0 Å². The third kappa shape index (κ3) is 8.52. The van der Waals surface area contributed by atoms with Crippen molar-refractivity contribution in [1.82, 2.24) is 5.32 Å². The van der Waals surface area contributed by atoms with Crippen LogP contribution in [0.3, 0.4) is 0 Å². The fourth-order valence-corrected chi connectivity index (χ4v) is 1.65. The van der Waals surface area contributed by atoms with Crippen molar-refractivity contribution in [2.24, 2.45) is 5.92 Å². The quantitative estimate of drug-likeness (QED) is 0.579. The van der Waals surface area contributed by atoms with Gasteiger partial charge in [0.2, 0.25) is 0 Å². The number of nitrogens with one attached hydrogen (secondary N) is 1. The van der Waals surface area contributed by atoms with Crippen LogP contribution in [0, 0.1) is 5.92 Å². The molecule has 0 aliphatic rings. The number of hydrogen-bond donors (Lipinski definition) is 1. The molecule has 0 radical (unpaired) electrons. The molecule has 0 rings (SSSR count). The average Bonchev–Trinajstić information content (AvgIpc) is 2.14. The molecule has 14 heavy (non-hydrogen) atoms. The van der Waals surface area contributed by atoms with Crippen LogP contribution in [0.15, 0.2) is 0 Å². The lowest BCUT2D eigenvalue weighted by Gasteiger charge is -2.18. The van der Waals surface area contributed by atoms with Gasteiger partial charge in [-0.3, -0.25) is 0 Å². The first kappa shape index (κ1) is 13.9. The lowest BCUT2D eigenvalue weighted by molar-refractivity contribution is 0.187. The van der Waals surface area contributed by atoms with E-state index in [1.54, 1.807) is 7.11 Å². The molecule has 1 atom stereocenters. The molecule has 0 fully saturated rings. The molecule has 0 saturated heterocycles. The molecule has 1 unspecified atom stereocenters. The van der Waals surface area contributed by atoms with Gasteiger partial charge >= 0.3 is 0 Å². The largest absolute Gasteiger partial charge is 0.385 e. The van der Waals surface area contributed by atoms with Crippen molar-refractivity contribution in [2.45, 2.75) is 52.5 Å². The van der Waals surface area contributed by atoms with Crippen LogP contribution in [-0.2, 0) is 4.74 Å². The maximum absolute atomic E-state index is 5.07. The Morgan fingerprint density at radius 2 is 1.86 bits per heavy atom. The summed E-state index contributed by atoms with van der Waals surface area (Å²) >= 11 is 0. The standard InChI is InChI=1S/C12H27NO/c1-5-13-12(7-6-10-14-4)9-8-11(2)3/h11-13H,5-10H2,1-4H3. The molecular weight excluding hydrogens is 174 g/mol. The normalized spacial score (nSPS) is 13.5. The van der Waals surface area contributed by atoms with E-state index in [1.165, 1.54) is 25.7 Å².